The summed E-state index contributed by atoms with van der Waals surface area (Å²) in [6.45, 7) is 1.88. The maximum atomic E-state index is 12.6. The first-order chi connectivity index (χ1) is 10.2. The second-order valence-electron chi connectivity index (χ2n) is 5.38. The van der Waals surface area contributed by atoms with Crippen LogP contribution in [0.25, 0.3) is 0 Å². The smallest absolute Gasteiger partial charge is 0.307 e. The van der Waals surface area contributed by atoms with E-state index in [1.807, 2.05) is 0 Å². The third-order valence-corrected chi connectivity index (χ3v) is 5.71. The largest absolute Gasteiger partial charge is 0.481 e. The van der Waals surface area contributed by atoms with Crippen molar-refractivity contribution in [2.24, 2.45) is 11.7 Å². The van der Waals surface area contributed by atoms with Gasteiger partial charge in [0.25, 0.3) is 0 Å². The second-order valence-corrected chi connectivity index (χ2v) is 7.32. The van der Waals surface area contributed by atoms with E-state index in [2.05, 4.69) is 0 Å². The Morgan fingerprint density at radius 2 is 2.05 bits per heavy atom. The maximum absolute atomic E-state index is 12.6. The quantitative estimate of drug-likeness (QED) is 0.839. The van der Waals surface area contributed by atoms with Gasteiger partial charge in [-0.3, -0.25) is 9.59 Å². The molecule has 2 rings (SSSR count). The number of carboxylic acid groups (broad SMARTS) is 1. The van der Waals surface area contributed by atoms with Gasteiger partial charge in [0.15, 0.2) is 0 Å². The van der Waals surface area contributed by atoms with Crippen LogP contribution in [-0.4, -0.2) is 42.8 Å². The number of carbonyl (C=O) groups is 2. The molecule has 1 aromatic carbocycles. The van der Waals surface area contributed by atoms with Crippen molar-refractivity contribution in [2.75, 3.05) is 13.1 Å². The Labute approximate surface area is 128 Å². The predicted molar refractivity (Wildman–Crippen MR) is 78.8 cm³/mol. The molecule has 0 radical (unpaired) electrons. The van der Waals surface area contributed by atoms with Crippen LogP contribution in [0.3, 0.4) is 0 Å². The van der Waals surface area contributed by atoms with E-state index in [0.717, 1.165) is 4.31 Å². The van der Waals surface area contributed by atoms with Gasteiger partial charge in [0.2, 0.25) is 15.9 Å². The van der Waals surface area contributed by atoms with E-state index in [4.69, 9.17) is 10.8 Å². The highest BCUT2D eigenvalue weighted by Crippen LogP contribution is 2.25. The Morgan fingerprint density at radius 3 is 2.64 bits per heavy atom. The number of rotatable bonds is 4. The van der Waals surface area contributed by atoms with Gasteiger partial charge < -0.3 is 10.8 Å². The van der Waals surface area contributed by atoms with Gasteiger partial charge in [-0.05, 0) is 37.5 Å². The van der Waals surface area contributed by atoms with E-state index in [9.17, 15) is 18.0 Å². The number of piperidine rings is 1. The van der Waals surface area contributed by atoms with Gasteiger partial charge >= 0.3 is 5.97 Å². The zero-order chi connectivity index (χ0) is 16.5. The Kier molecular flexibility index (Phi) is 4.52. The molecule has 1 heterocycles. The zero-order valence-corrected chi connectivity index (χ0v) is 13.0. The lowest BCUT2D eigenvalue weighted by Gasteiger charge is -2.29. The molecule has 0 spiro atoms. The minimum Gasteiger partial charge on any atom is -0.481 e. The summed E-state index contributed by atoms with van der Waals surface area (Å²) in [6, 6.07) is 4.17. The van der Waals surface area contributed by atoms with Gasteiger partial charge in [-0.25, -0.2) is 8.42 Å². The number of aliphatic carboxylic acids is 1. The zero-order valence-electron chi connectivity index (χ0n) is 12.2. The molecule has 1 aliphatic heterocycles. The molecule has 1 amide bonds. The van der Waals surface area contributed by atoms with Crippen LogP contribution in [0, 0.1) is 12.8 Å². The lowest BCUT2D eigenvalue weighted by molar-refractivity contribution is -0.142. The standard InChI is InChI=1S/C14H18N2O5S/c1-9-4-5-11(7-12(9)13(15)17)22(20,21)16-6-2-3-10(8-16)14(18)19/h4-5,7,10H,2-3,6,8H2,1H3,(H2,15,17)(H,18,19)/t10-/m0/s1. The fraction of sp³-hybridized carbons (Fsp3) is 0.429. The Morgan fingerprint density at radius 1 is 1.36 bits per heavy atom. The van der Waals surface area contributed by atoms with Crippen LogP contribution in [0.2, 0.25) is 0 Å². The molecule has 1 aliphatic rings. The van der Waals surface area contributed by atoms with Crippen molar-refractivity contribution < 1.29 is 23.1 Å². The Balaban J connectivity index is 2.36. The molecule has 8 heteroatoms. The van der Waals surface area contributed by atoms with Gasteiger partial charge in [-0.2, -0.15) is 4.31 Å². The number of carbonyl (C=O) groups excluding carboxylic acids is 1. The summed E-state index contributed by atoms with van der Waals surface area (Å²) in [5.74, 6) is -2.40. The number of aryl methyl sites for hydroxylation is 1. The number of benzene rings is 1. The summed E-state index contributed by atoms with van der Waals surface area (Å²) in [7, 11) is -3.84. The van der Waals surface area contributed by atoms with Crippen molar-refractivity contribution in [1.29, 1.82) is 0 Å². The normalized spacial score (nSPS) is 19.8. The highest BCUT2D eigenvalue weighted by Gasteiger charge is 2.33. The molecule has 120 valence electrons. The van der Waals surface area contributed by atoms with Gasteiger partial charge in [0.1, 0.15) is 0 Å². The first-order valence-corrected chi connectivity index (χ1v) is 8.31. The molecule has 1 aromatic rings. The monoisotopic (exact) mass is 326 g/mol. The van der Waals surface area contributed by atoms with E-state index in [1.165, 1.54) is 18.2 Å². The molecule has 1 atom stereocenters. The van der Waals surface area contributed by atoms with Crippen LogP contribution >= 0.6 is 0 Å². The second kappa shape index (κ2) is 6.05. The molecule has 1 fully saturated rings. The number of sulfonamides is 1. The topological polar surface area (TPSA) is 118 Å². The van der Waals surface area contributed by atoms with Crippen molar-refractivity contribution in [3.63, 3.8) is 0 Å². The number of primary amides is 1. The van der Waals surface area contributed by atoms with Crippen LogP contribution in [0.4, 0.5) is 0 Å². The number of nitrogens with two attached hydrogens (primary N) is 1. The fourth-order valence-corrected chi connectivity index (χ4v) is 4.09. The highest BCUT2D eigenvalue weighted by atomic mass is 32.2. The number of amides is 1. The molecule has 0 saturated carbocycles. The van der Waals surface area contributed by atoms with Gasteiger partial charge in [0.05, 0.1) is 10.8 Å². The van der Waals surface area contributed by atoms with Crippen LogP contribution in [0.5, 0.6) is 0 Å². The molecular formula is C14H18N2O5S. The summed E-state index contributed by atoms with van der Waals surface area (Å²) >= 11 is 0. The van der Waals surface area contributed by atoms with Gasteiger partial charge in [0, 0.05) is 18.7 Å². The van der Waals surface area contributed by atoms with E-state index in [-0.39, 0.29) is 23.5 Å². The van der Waals surface area contributed by atoms with Crippen molar-refractivity contribution in [1.82, 2.24) is 4.31 Å². The molecule has 0 aliphatic carbocycles. The highest BCUT2D eigenvalue weighted by molar-refractivity contribution is 7.89. The molecule has 22 heavy (non-hydrogen) atoms. The summed E-state index contributed by atoms with van der Waals surface area (Å²) in [4.78, 5) is 22.4. The lowest BCUT2D eigenvalue weighted by atomic mass is 10.0. The molecule has 3 N–H and O–H groups in total. The van der Waals surface area contributed by atoms with Crippen LogP contribution in [-0.2, 0) is 14.8 Å². The van der Waals surface area contributed by atoms with E-state index in [1.54, 1.807) is 6.92 Å². The lowest BCUT2D eigenvalue weighted by Crippen LogP contribution is -2.42. The van der Waals surface area contributed by atoms with Crippen LogP contribution < -0.4 is 5.73 Å². The maximum Gasteiger partial charge on any atom is 0.307 e. The number of nitrogens with zero attached hydrogens (tertiary/aromatic N) is 1. The Bertz CT molecular complexity index is 714. The van der Waals surface area contributed by atoms with Crippen molar-refractivity contribution >= 4 is 21.9 Å². The van der Waals surface area contributed by atoms with Gasteiger partial charge in [-0.1, -0.05) is 6.07 Å². The SMILES string of the molecule is Cc1ccc(S(=O)(=O)N2CCC[C@H](C(=O)O)C2)cc1C(N)=O. The summed E-state index contributed by atoms with van der Waals surface area (Å²) < 4.78 is 26.4. The summed E-state index contributed by atoms with van der Waals surface area (Å²) in [5, 5.41) is 9.06. The molecule has 0 bridgehead atoms. The van der Waals surface area contributed by atoms with E-state index >= 15 is 0 Å². The van der Waals surface area contributed by atoms with Crippen molar-refractivity contribution in [2.45, 2.75) is 24.7 Å². The third kappa shape index (κ3) is 3.12. The van der Waals surface area contributed by atoms with Crippen molar-refractivity contribution in [3.8, 4) is 0 Å². The minimum absolute atomic E-state index is 0.0436. The van der Waals surface area contributed by atoms with Crippen molar-refractivity contribution in [3.05, 3.63) is 29.3 Å². The number of hydrogen-bond donors (Lipinski definition) is 2. The average molecular weight is 326 g/mol. The molecule has 7 nitrogen and oxygen atoms in total. The van der Waals surface area contributed by atoms with Crippen LogP contribution in [0.15, 0.2) is 23.1 Å². The molecule has 0 unspecified atom stereocenters. The minimum atomic E-state index is -3.84. The third-order valence-electron chi connectivity index (χ3n) is 3.85. The number of hydrogen-bond acceptors (Lipinski definition) is 4. The number of carboxylic acids is 1. The molecule has 1 saturated heterocycles. The van der Waals surface area contributed by atoms with Crippen LogP contribution in [0.1, 0.15) is 28.8 Å². The fourth-order valence-electron chi connectivity index (χ4n) is 2.54. The summed E-state index contributed by atoms with van der Waals surface area (Å²) in [6.07, 6.45) is 0.951. The molecule has 0 aromatic heterocycles. The predicted octanol–water partition coefficient (Wildman–Crippen LogP) is 0.579. The Hall–Kier alpha value is -1.93. The van der Waals surface area contributed by atoms with E-state index in [0.29, 0.717) is 18.4 Å². The first kappa shape index (κ1) is 16.4. The summed E-state index contributed by atoms with van der Waals surface area (Å²) in [5.41, 5.74) is 5.98. The van der Waals surface area contributed by atoms with Gasteiger partial charge in [-0.15, -0.1) is 0 Å². The first-order valence-electron chi connectivity index (χ1n) is 6.87. The van der Waals surface area contributed by atoms with E-state index < -0.39 is 27.8 Å². The molecular weight excluding hydrogens is 308 g/mol. The average Bonchev–Trinajstić information content (AvgIpc) is 2.47.